The number of benzene rings is 6. The van der Waals surface area contributed by atoms with E-state index in [1.54, 1.807) is 24.3 Å². The van der Waals surface area contributed by atoms with E-state index in [0.717, 1.165) is 10.9 Å². The Kier molecular flexibility index (Phi) is 27.0. The van der Waals surface area contributed by atoms with Crippen LogP contribution in [-0.4, -0.2) is 25.9 Å². The number of aromatic hydroxyl groups is 2. The molecular weight excluding hydrogens is 774 g/mol. The molecule has 0 saturated heterocycles. The standard InChI is InChI=1S/C26H28B2.C26H30O2.4C2H6/c2*1-17(19(3)23-9-13-25(27)14-10-23)21-5-7-22(8-6-21)18(2)20(4)24-11-15-26(28)16-12-24;4*1-2/h5-20H,1-4H3;5-20,27-28H,1-4H3;4*1-2H3. The van der Waals surface area contributed by atoms with E-state index in [0.29, 0.717) is 58.8 Å². The van der Waals surface area contributed by atoms with Gasteiger partial charge in [-0.2, -0.15) is 0 Å². The Morgan fingerprint density at radius 2 is 0.344 bits per heavy atom. The zero-order valence-corrected chi connectivity index (χ0v) is 42.5. The highest BCUT2D eigenvalue weighted by atomic mass is 16.3. The highest BCUT2D eigenvalue weighted by Gasteiger charge is 2.21. The Hall–Kier alpha value is -4.95. The van der Waals surface area contributed by atoms with E-state index >= 15 is 0 Å². The molecule has 340 valence electrons. The predicted octanol–water partition coefficient (Wildman–Crippen LogP) is 16.1. The lowest BCUT2D eigenvalue weighted by Crippen LogP contribution is -2.09. The van der Waals surface area contributed by atoms with Gasteiger partial charge in [-0.3, -0.25) is 0 Å². The molecule has 0 aliphatic heterocycles. The number of phenolic OH excluding ortho intramolecular Hbond substituents is 2. The molecule has 6 rings (SSSR count). The van der Waals surface area contributed by atoms with Gasteiger partial charge in [-0.25, -0.2) is 0 Å². The van der Waals surface area contributed by atoms with Gasteiger partial charge in [0.25, 0.3) is 0 Å². The maximum Gasteiger partial charge on any atom is 0.115 e. The van der Waals surface area contributed by atoms with E-state index in [9.17, 15) is 10.2 Å². The maximum absolute atomic E-state index is 9.50. The van der Waals surface area contributed by atoms with Crippen molar-refractivity contribution in [3.05, 3.63) is 190 Å². The quantitative estimate of drug-likeness (QED) is 0.120. The lowest BCUT2D eigenvalue weighted by molar-refractivity contribution is 0.474. The summed E-state index contributed by atoms with van der Waals surface area (Å²) < 4.78 is 0. The van der Waals surface area contributed by atoms with Crippen LogP contribution in [0.5, 0.6) is 11.5 Å². The van der Waals surface area contributed by atoms with Crippen molar-refractivity contribution in [1.82, 2.24) is 0 Å². The molecule has 0 aliphatic carbocycles. The molecule has 4 heteroatoms. The Morgan fingerprint density at radius 1 is 0.234 bits per heavy atom. The topological polar surface area (TPSA) is 40.5 Å². The molecule has 0 aliphatic rings. The fourth-order valence-electron chi connectivity index (χ4n) is 7.67. The van der Waals surface area contributed by atoms with Crippen LogP contribution in [0.4, 0.5) is 0 Å². The zero-order valence-electron chi connectivity index (χ0n) is 42.5. The Labute approximate surface area is 394 Å². The van der Waals surface area contributed by atoms with Crippen molar-refractivity contribution in [1.29, 1.82) is 0 Å². The van der Waals surface area contributed by atoms with Crippen molar-refractivity contribution in [2.24, 2.45) is 0 Å². The molecular formula is C60H82B2O2. The Bertz CT molecular complexity index is 1760. The second-order valence-electron chi connectivity index (χ2n) is 16.2. The third-order valence-electron chi connectivity index (χ3n) is 12.7. The normalized spacial score (nSPS) is 14.0. The first-order valence-electron chi connectivity index (χ1n) is 24.2. The van der Waals surface area contributed by atoms with Crippen molar-refractivity contribution in [2.45, 2.75) is 158 Å². The summed E-state index contributed by atoms with van der Waals surface area (Å²) in [6, 6.07) is 49.7. The van der Waals surface area contributed by atoms with Gasteiger partial charge in [0.2, 0.25) is 0 Å². The van der Waals surface area contributed by atoms with Gasteiger partial charge in [0.05, 0.1) is 0 Å². The van der Waals surface area contributed by atoms with Crippen LogP contribution in [0.3, 0.4) is 0 Å². The molecule has 0 spiro atoms. The summed E-state index contributed by atoms with van der Waals surface area (Å²) in [6.07, 6.45) is 0. The minimum atomic E-state index is 0.310. The van der Waals surface area contributed by atoms with Crippen LogP contribution >= 0.6 is 0 Å². The summed E-state index contributed by atoms with van der Waals surface area (Å²) in [4.78, 5) is 0. The minimum absolute atomic E-state index is 0.310. The summed E-state index contributed by atoms with van der Waals surface area (Å²) in [6.45, 7) is 34.2. The second-order valence-corrected chi connectivity index (χ2v) is 16.2. The Balaban J connectivity index is 0.000000554. The first kappa shape index (κ1) is 57.1. The van der Waals surface area contributed by atoms with Gasteiger partial charge >= 0.3 is 0 Å². The van der Waals surface area contributed by atoms with Gasteiger partial charge in [-0.1, -0.05) is 243 Å². The van der Waals surface area contributed by atoms with Crippen molar-refractivity contribution in [3.8, 4) is 11.5 Å². The molecule has 6 aromatic carbocycles. The largest absolute Gasteiger partial charge is 0.508 e. The first-order chi connectivity index (χ1) is 30.7. The van der Waals surface area contributed by atoms with Gasteiger partial charge < -0.3 is 10.2 Å². The monoisotopic (exact) mass is 857 g/mol. The van der Waals surface area contributed by atoms with Gasteiger partial charge in [0, 0.05) is 0 Å². The van der Waals surface area contributed by atoms with Crippen molar-refractivity contribution >= 4 is 26.6 Å². The predicted molar refractivity (Wildman–Crippen MR) is 285 cm³/mol. The molecule has 64 heavy (non-hydrogen) atoms. The highest BCUT2D eigenvalue weighted by Crippen LogP contribution is 2.38. The van der Waals surface area contributed by atoms with Gasteiger partial charge in [-0.15, -0.1) is 0 Å². The number of rotatable bonds is 12. The van der Waals surface area contributed by atoms with Crippen LogP contribution in [0.25, 0.3) is 0 Å². The molecule has 0 aromatic heterocycles. The number of hydrogen-bond donors (Lipinski definition) is 2. The molecule has 8 atom stereocenters. The van der Waals surface area contributed by atoms with Crippen LogP contribution in [0, 0.1) is 0 Å². The fourth-order valence-corrected chi connectivity index (χ4v) is 7.67. The van der Waals surface area contributed by atoms with E-state index < -0.39 is 0 Å². The molecule has 6 aromatic rings. The van der Waals surface area contributed by atoms with Crippen molar-refractivity contribution in [2.75, 3.05) is 0 Å². The van der Waals surface area contributed by atoms with Crippen molar-refractivity contribution in [3.63, 3.8) is 0 Å². The fraction of sp³-hybridized carbons (Fsp3) is 0.400. The molecule has 0 amide bonds. The summed E-state index contributed by atoms with van der Waals surface area (Å²) in [7, 11) is 11.7. The lowest BCUT2D eigenvalue weighted by Gasteiger charge is -2.24. The molecule has 0 fully saturated rings. The smallest absolute Gasteiger partial charge is 0.115 e. The average molecular weight is 857 g/mol. The number of hydrogen-bond acceptors (Lipinski definition) is 2. The summed E-state index contributed by atoms with van der Waals surface area (Å²) in [5.74, 6) is 3.93. The molecule has 0 heterocycles. The molecule has 4 radical (unpaired) electrons. The van der Waals surface area contributed by atoms with Crippen LogP contribution in [-0.2, 0) is 0 Å². The first-order valence-corrected chi connectivity index (χ1v) is 24.2. The average Bonchev–Trinajstić information content (AvgIpc) is 3.36. The van der Waals surface area contributed by atoms with E-state index in [1.165, 1.54) is 44.5 Å². The molecule has 8 unspecified atom stereocenters. The van der Waals surface area contributed by atoms with E-state index in [-0.39, 0.29) is 0 Å². The van der Waals surface area contributed by atoms with Crippen LogP contribution in [0.15, 0.2) is 146 Å². The Morgan fingerprint density at radius 3 is 0.484 bits per heavy atom. The SMILES string of the molecule is CC.CC.CC.CC.CC(c1ccc(O)cc1)C(C)c1ccc(C(C)C(C)c2ccc(O)cc2)cc1.[B]c1ccc(C(C)C(C)c2ccc(C(C)C(C)c3ccc([B])cc3)cc2)cc1. The molecule has 2 N–H and O–H groups in total. The van der Waals surface area contributed by atoms with E-state index in [2.05, 4.69) is 128 Å². The highest BCUT2D eigenvalue weighted by molar-refractivity contribution is 6.32. The van der Waals surface area contributed by atoms with Crippen molar-refractivity contribution < 1.29 is 10.2 Å². The van der Waals surface area contributed by atoms with Crippen LogP contribution < -0.4 is 10.9 Å². The maximum atomic E-state index is 9.50. The second kappa shape index (κ2) is 30.2. The van der Waals surface area contributed by atoms with Crippen LogP contribution in [0.2, 0.25) is 0 Å². The van der Waals surface area contributed by atoms with E-state index in [1.807, 2.05) is 104 Å². The minimum Gasteiger partial charge on any atom is -0.508 e. The van der Waals surface area contributed by atoms with Gasteiger partial charge in [0.15, 0.2) is 0 Å². The zero-order chi connectivity index (χ0) is 48.5. The molecule has 0 saturated carbocycles. The van der Waals surface area contributed by atoms with E-state index in [4.69, 9.17) is 15.7 Å². The summed E-state index contributed by atoms with van der Waals surface area (Å²) in [5, 5.41) is 19.0. The molecule has 2 nitrogen and oxygen atoms in total. The van der Waals surface area contributed by atoms with Gasteiger partial charge in [-0.05, 0) is 116 Å². The third-order valence-corrected chi connectivity index (χ3v) is 12.7. The molecule has 0 bridgehead atoms. The summed E-state index contributed by atoms with van der Waals surface area (Å²) >= 11 is 0. The summed E-state index contributed by atoms with van der Waals surface area (Å²) in [5.41, 5.74) is 12.2. The van der Waals surface area contributed by atoms with Crippen LogP contribution in [0.1, 0.15) is 203 Å². The lowest BCUT2D eigenvalue weighted by atomic mass is 9.80. The third kappa shape index (κ3) is 16.9. The van der Waals surface area contributed by atoms with Gasteiger partial charge in [0.1, 0.15) is 27.2 Å². The number of phenols is 2.